The number of amides is 1. The van der Waals surface area contributed by atoms with E-state index in [-0.39, 0.29) is 17.2 Å². The summed E-state index contributed by atoms with van der Waals surface area (Å²) < 4.78 is 13.0. The molecule has 1 amide bonds. The van der Waals surface area contributed by atoms with E-state index in [4.69, 9.17) is 5.11 Å². The first-order valence-electron chi connectivity index (χ1n) is 4.23. The Morgan fingerprint density at radius 2 is 2.00 bits per heavy atom. The van der Waals surface area contributed by atoms with E-state index in [1.54, 1.807) is 0 Å². The molecule has 0 unspecified atom stereocenters. The van der Waals surface area contributed by atoms with Gasteiger partial charge in [0, 0.05) is 12.6 Å². The Balaban J connectivity index is 3.28. The van der Waals surface area contributed by atoms with Crippen molar-refractivity contribution in [1.29, 1.82) is 0 Å². The summed E-state index contributed by atoms with van der Waals surface area (Å²) in [5.74, 6) is -2.29. The second kappa shape index (κ2) is 4.08. The van der Waals surface area contributed by atoms with Crippen LogP contribution in [0.3, 0.4) is 0 Å². The summed E-state index contributed by atoms with van der Waals surface area (Å²) in [6, 6.07) is 2.01. The average molecular weight is 211 g/mol. The Morgan fingerprint density at radius 3 is 2.47 bits per heavy atom. The first-order chi connectivity index (χ1) is 6.91. The van der Waals surface area contributed by atoms with Crippen LogP contribution in [0.1, 0.15) is 22.8 Å². The van der Waals surface area contributed by atoms with Gasteiger partial charge in [-0.05, 0) is 24.6 Å². The molecule has 15 heavy (non-hydrogen) atoms. The number of hydrogen-bond acceptors (Lipinski definition) is 2. The average Bonchev–Trinajstić information content (AvgIpc) is 2.09. The van der Waals surface area contributed by atoms with E-state index in [9.17, 15) is 14.0 Å². The van der Waals surface area contributed by atoms with E-state index in [2.05, 4.69) is 5.32 Å². The molecule has 80 valence electrons. The minimum atomic E-state index is -1.22. The summed E-state index contributed by atoms with van der Waals surface area (Å²) in [5, 5.41) is 11.1. The summed E-state index contributed by atoms with van der Waals surface area (Å²) in [5.41, 5.74) is 0.359. The molecule has 4 nitrogen and oxygen atoms in total. The van der Waals surface area contributed by atoms with E-state index in [1.807, 2.05) is 0 Å². The SMILES string of the molecule is CC(=O)Nc1cc(F)cc(C(=O)O)c1C. The zero-order valence-electron chi connectivity index (χ0n) is 8.30. The number of benzene rings is 1. The monoisotopic (exact) mass is 211 g/mol. The molecule has 0 saturated carbocycles. The third-order valence-corrected chi connectivity index (χ3v) is 1.91. The zero-order chi connectivity index (χ0) is 11.6. The van der Waals surface area contributed by atoms with Gasteiger partial charge in [0.1, 0.15) is 5.82 Å². The molecule has 5 heteroatoms. The fourth-order valence-corrected chi connectivity index (χ4v) is 1.22. The van der Waals surface area contributed by atoms with Crippen LogP contribution in [-0.2, 0) is 4.79 Å². The maximum absolute atomic E-state index is 13.0. The van der Waals surface area contributed by atoms with Crippen molar-refractivity contribution in [2.75, 3.05) is 5.32 Å². The molecule has 0 bridgehead atoms. The number of halogens is 1. The van der Waals surface area contributed by atoms with Gasteiger partial charge in [0.05, 0.1) is 5.56 Å². The lowest BCUT2D eigenvalue weighted by atomic mass is 10.1. The number of rotatable bonds is 2. The first kappa shape index (κ1) is 11.2. The van der Waals surface area contributed by atoms with Crippen molar-refractivity contribution in [2.24, 2.45) is 0 Å². The van der Waals surface area contributed by atoms with Gasteiger partial charge in [-0.3, -0.25) is 4.79 Å². The molecule has 1 aromatic carbocycles. The van der Waals surface area contributed by atoms with Crippen LogP contribution >= 0.6 is 0 Å². The minimum absolute atomic E-state index is 0.154. The Bertz CT molecular complexity index is 429. The molecule has 1 rings (SSSR count). The van der Waals surface area contributed by atoms with Crippen molar-refractivity contribution in [1.82, 2.24) is 0 Å². The quantitative estimate of drug-likeness (QED) is 0.783. The van der Waals surface area contributed by atoms with E-state index in [0.29, 0.717) is 5.56 Å². The Kier molecular flexibility index (Phi) is 3.04. The van der Waals surface area contributed by atoms with Gasteiger partial charge < -0.3 is 10.4 Å². The second-order valence-electron chi connectivity index (χ2n) is 3.11. The Labute approximate surface area is 85.7 Å². The van der Waals surface area contributed by atoms with Gasteiger partial charge in [0.25, 0.3) is 0 Å². The Hall–Kier alpha value is -1.91. The van der Waals surface area contributed by atoms with Crippen molar-refractivity contribution in [2.45, 2.75) is 13.8 Å². The highest BCUT2D eigenvalue weighted by Gasteiger charge is 2.13. The van der Waals surface area contributed by atoms with E-state index in [0.717, 1.165) is 12.1 Å². The van der Waals surface area contributed by atoms with E-state index in [1.165, 1.54) is 13.8 Å². The molecule has 0 fully saturated rings. The fraction of sp³-hybridized carbons (Fsp3) is 0.200. The molecule has 0 atom stereocenters. The standard InChI is InChI=1S/C10H10FNO3/c1-5-8(10(14)15)3-7(11)4-9(5)12-6(2)13/h3-4H,1-2H3,(H,12,13)(H,14,15). The van der Waals surface area contributed by atoms with Gasteiger partial charge in [-0.2, -0.15) is 0 Å². The molecule has 0 aliphatic rings. The largest absolute Gasteiger partial charge is 0.478 e. The lowest BCUT2D eigenvalue weighted by molar-refractivity contribution is -0.114. The number of carbonyl (C=O) groups is 2. The van der Waals surface area contributed by atoms with Gasteiger partial charge in [-0.1, -0.05) is 0 Å². The third-order valence-electron chi connectivity index (χ3n) is 1.91. The molecule has 0 heterocycles. The molecule has 1 aromatic rings. The highest BCUT2D eigenvalue weighted by Crippen LogP contribution is 2.21. The number of hydrogen-bond donors (Lipinski definition) is 2. The predicted octanol–water partition coefficient (Wildman–Crippen LogP) is 1.79. The summed E-state index contributed by atoms with van der Waals surface area (Å²) >= 11 is 0. The zero-order valence-corrected chi connectivity index (χ0v) is 8.30. The fourth-order valence-electron chi connectivity index (χ4n) is 1.22. The van der Waals surface area contributed by atoms with Crippen molar-refractivity contribution >= 4 is 17.6 Å². The van der Waals surface area contributed by atoms with E-state index < -0.39 is 11.8 Å². The van der Waals surface area contributed by atoms with Crippen molar-refractivity contribution in [3.05, 3.63) is 29.1 Å². The highest BCUT2D eigenvalue weighted by molar-refractivity contribution is 5.95. The smallest absolute Gasteiger partial charge is 0.336 e. The van der Waals surface area contributed by atoms with E-state index >= 15 is 0 Å². The predicted molar refractivity (Wildman–Crippen MR) is 52.4 cm³/mol. The van der Waals surface area contributed by atoms with Crippen LogP contribution in [0.4, 0.5) is 10.1 Å². The summed E-state index contributed by atoms with van der Waals surface area (Å²) in [4.78, 5) is 21.5. The lowest BCUT2D eigenvalue weighted by Crippen LogP contribution is -2.10. The van der Waals surface area contributed by atoms with Crippen LogP contribution in [0.25, 0.3) is 0 Å². The summed E-state index contributed by atoms with van der Waals surface area (Å²) in [6.45, 7) is 2.78. The molecule has 0 aromatic heterocycles. The minimum Gasteiger partial charge on any atom is -0.478 e. The molecule has 0 spiro atoms. The second-order valence-corrected chi connectivity index (χ2v) is 3.11. The summed E-state index contributed by atoms with van der Waals surface area (Å²) in [7, 11) is 0. The van der Waals surface area contributed by atoms with Crippen LogP contribution in [0.5, 0.6) is 0 Å². The summed E-state index contributed by atoms with van der Waals surface area (Å²) in [6.07, 6.45) is 0. The molecule has 0 aliphatic heterocycles. The van der Waals surface area contributed by atoms with Gasteiger partial charge in [-0.15, -0.1) is 0 Å². The van der Waals surface area contributed by atoms with Crippen LogP contribution in [0.15, 0.2) is 12.1 Å². The maximum Gasteiger partial charge on any atom is 0.336 e. The van der Waals surface area contributed by atoms with Crippen LogP contribution in [0, 0.1) is 12.7 Å². The lowest BCUT2D eigenvalue weighted by Gasteiger charge is -2.09. The highest BCUT2D eigenvalue weighted by atomic mass is 19.1. The van der Waals surface area contributed by atoms with Crippen LogP contribution in [0.2, 0.25) is 0 Å². The van der Waals surface area contributed by atoms with Crippen LogP contribution in [-0.4, -0.2) is 17.0 Å². The molecular weight excluding hydrogens is 201 g/mol. The first-order valence-corrected chi connectivity index (χ1v) is 4.23. The molecule has 0 radical (unpaired) electrons. The maximum atomic E-state index is 13.0. The number of nitrogens with one attached hydrogen (secondary N) is 1. The number of carboxylic acids is 1. The van der Waals surface area contributed by atoms with Crippen molar-refractivity contribution in [3.63, 3.8) is 0 Å². The van der Waals surface area contributed by atoms with Crippen molar-refractivity contribution in [3.8, 4) is 0 Å². The molecule has 0 aliphatic carbocycles. The van der Waals surface area contributed by atoms with Crippen LogP contribution < -0.4 is 5.32 Å². The van der Waals surface area contributed by atoms with Gasteiger partial charge >= 0.3 is 5.97 Å². The number of carboxylic acid groups (broad SMARTS) is 1. The number of anilines is 1. The molecule has 0 saturated heterocycles. The molecule has 2 N–H and O–H groups in total. The number of carbonyl (C=O) groups excluding carboxylic acids is 1. The third kappa shape index (κ3) is 2.52. The topological polar surface area (TPSA) is 66.4 Å². The normalized spacial score (nSPS) is 9.80. The molecular formula is C10H10FNO3. The van der Waals surface area contributed by atoms with Gasteiger partial charge in [0.2, 0.25) is 5.91 Å². The number of aromatic carboxylic acids is 1. The Morgan fingerprint density at radius 1 is 1.40 bits per heavy atom. The van der Waals surface area contributed by atoms with Gasteiger partial charge in [-0.25, -0.2) is 9.18 Å². The van der Waals surface area contributed by atoms with Crippen molar-refractivity contribution < 1.29 is 19.1 Å². The van der Waals surface area contributed by atoms with Gasteiger partial charge in [0.15, 0.2) is 0 Å².